The summed E-state index contributed by atoms with van der Waals surface area (Å²) in [5.41, 5.74) is 2.85. The lowest BCUT2D eigenvalue weighted by molar-refractivity contribution is -0.144. The Bertz CT molecular complexity index is 1180. The lowest BCUT2D eigenvalue weighted by Gasteiger charge is -2.36. The molecule has 0 saturated carbocycles. The summed E-state index contributed by atoms with van der Waals surface area (Å²) in [6, 6.07) is 28.9. The molecule has 2 aliphatic rings. The Morgan fingerprint density at radius 3 is 1.97 bits per heavy atom. The number of allylic oxidation sites excluding steroid dienone is 1. The maximum atomic E-state index is 13.3. The number of benzene rings is 3. The monoisotopic (exact) mass is 455 g/mol. The van der Waals surface area contributed by atoms with E-state index in [-0.39, 0.29) is 11.7 Å². The molecule has 0 N–H and O–H groups in total. The van der Waals surface area contributed by atoms with Crippen LogP contribution in [0.25, 0.3) is 0 Å². The first-order valence-electron chi connectivity index (χ1n) is 11.3. The van der Waals surface area contributed by atoms with Crippen molar-refractivity contribution in [3.63, 3.8) is 0 Å². The van der Waals surface area contributed by atoms with Gasteiger partial charge in [-0.2, -0.15) is 0 Å². The van der Waals surface area contributed by atoms with Crippen LogP contribution in [-0.2, 0) is 19.0 Å². The van der Waals surface area contributed by atoms with Crippen molar-refractivity contribution in [2.24, 2.45) is 0 Å². The van der Waals surface area contributed by atoms with E-state index in [0.29, 0.717) is 6.42 Å². The van der Waals surface area contributed by atoms with Crippen LogP contribution in [0.5, 0.6) is 0 Å². The van der Waals surface area contributed by atoms with Gasteiger partial charge in [0.15, 0.2) is 12.3 Å². The summed E-state index contributed by atoms with van der Waals surface area (Å²) in [5.74, 6) is -0.613. The molecule has 6 nitrogen and oxygen atoms in total. The first-order chi connectivity index (χ1) is 16.7. The van der Waals surface area contributed by atoms with Crippen molar-refractivity contribution in [1.82, 2.24) is 4.90 Å². The molecule has 4 atom stereocenters. The number of hydrogen-bond acceptors (Lipinski definition) is 5. The molecule has 2 heterocycles. The van der Waals surface area contributed by atoms with Gasteiger partial charge in [0.25, 0.3) is 0 Å². The summed E-state index contributed by atoms with van der Waals surface area (Å²) >= 11 is 0. The molecule has 6 heteroatoms. The van der Waals surface area contributed by atoms with Crippen LogP contribution in [0.1, 0.15) is 41.2 Å². The minimum atomic E-state index is -0.712. The fourth-order valence-corrected chi connectivity index (χ4v) is 4.69. The van der Waals surface area contributed by atoms with Gasteiger partial charge in [0.1, 0.15) is 6.04 Å². The highest BCUT2D eigenvalue weighted by Gasteiger charge is 2.49. The molecule has 0 aliphatic carbocycles. The number of methoxy groups -OCH3 is 1. The lowest BCUT2D eigenvalue weighted by Crippen LogP contribution is -2.43. The third-order valence-corrected chi connectivity index (χ3v) is 6.29. The zero-order valence-corrected chi connectivity index (χ0v) is 18.7. The van der Waals surface area contributed by atoms with Crippen molar-refractivity contribution < 1.29 is 23.8 Å². The highest BCUT2D eigenvalue weighted by Crippen LogP contribution is 2.46. The van der Waals surface area contributed by atoms with Crippen LogP contribution in [0.15, 0.2) is 103 Å². The topological polar surface area (TPSA) is 65.1 Å². The minimum Gasteiger partial charge on any atom is -0.463 e. The fourth-order valence-electron chi connectivity index (χ4n) is 4.69. The van der Waals surface area contributed by atoms with Gasteiger partial charge < -0.3 is 14.2 Å². The Morgan fingerprint density at radius 2 is 1.38 bits per heavy atom. The van der Waals surface area contributed by atoms with E-state index in [1.165, 1.54) is 7.11 Å². The first-order valence-corrected chi connectivity index (χ1v) is 11.3. The van der Waals surface area contributed by atoms with E-state index in [0.717, 1.165) is 16.7 Å². The molecule has 1 amide bonds. The smallest absolute Gasteiger partial charge is 0.414 e. The van der Waals surface area contributed by atoms with E-state index in [2.05, 4.69) is 0 Å². The summed E-state index contributed by atoms with van der Waals surface area (Å²) in [7, 11) is 1.32. The van der Waals surface area contributed by atoms with E-state index in [1.54, 1.807) is 11.0 Å². The van der Waals surface area contributed by atoms with Crippen molar-refractivity contribution in [3.05, 3.63) is 120 Å². The van der Waals surface area contributed by atoms with E-state index >= 15 is 0 Å². The molecule has 0 aromatic heterocycles. The number of carbonyl (C=O) groups excluding carboxylic acids is 2. The second-order valence-electron chi connectivity index (χ2n) is 8.33. The van der Waals surface area contributed by atoms with E-state index in [9.17, 15) is 9.59 Å². The van der Waals surface area contributed by atoms with Crippen LogP contribution in [-0.4, -0.2) is 30.3 Å². The van der Waals surface area contributed by atoms with Gasteiger partial charge in [0.05, 0.1) is 7.11 Å². The largest absolute Gasteiger partial charge is 0.463 e. The highest BCUT2D eigenvalue weighted by molar-refractivity contribution is 5.86. The van der Waals surface area contributed by atoms with Crippen LogP contribution in [0, 0.1) is 0 Å². The van der Waals surface area contributed by atoms with Gasteiger partial charge in [-0.3, -0.25) is 4.90 Å². The lowest BCUT2D eigenvalue weighted by atomic mass is 9.90. The van der Waals surface area contributed by atoms with Crippen molar-refractivity contribution in [2.45, 2.75) is 30.7 Å². The number of cyclic esters (lactones) is 1. The maximum Gasteiger partial charge on any atom is 0.414 e. The van der Waals surface area contributed by atoms with Gasteiger partial charge in [-0.15, -0.1) is 0 Å². The molecule has 34 heavy (non-hydrogen) atoms. The van der Waals surface area contributed by atoms with Gasteiger partial charge >= 0.3 is 12.1 Å². The van der Waals surface area contributed by atoms with Crippen LogP contribution < -0.4 is 0 Å². The molecule has 0 spiro atoms. The number of esters is 1. The summed E-state index contributed by atoms with van der Waals surface area (Å²) < 4.78 is 17.0. The zero-order valence-electron chi connectivity index (χ0n) is 18.7. The molecule has 0 bridgehead atoms. The van der Waals surface area contributed by atoms with Gasteiger partial charge in [-0.05, 0) is 22.8 Å². The van der Waals surface area contributed by atoms with E-state index in [1.807, 2.05) is 91.0 Å². The summed E-state index contributed by atoms with van der Waals surface area (Å²) in [6.07, 6.45) is 0.541. The minimum absolute atomic E-state index is 0.0929. The van der Waals surface area contributed by atoms with Crippen LogP contribution in [0.3, 0.4) is 0 Å². The number of ether oxygens (including phenoxy) is 3. The molecular weight excluding hydrogens is 430 g/mol. The maximum absolute atomic E-state index is 13.3. The number of rotatable bonds is 5. The Kier molecular flexibility index (Phi) is 6.04. The molecule has 0 unspecified atom stereocenters. The summed E-state index contributed by atoms with van der Waals surface area (Å²) in [6.45, 7) is 0. The Morgan fingerprint density at radius 1 is 0.824 bits per heavy atom. The molecule has 5 rings (SSSR count). The van der Waals surface area contributed by atoms with Gasteiger partial charge in [-0.1, -0.05) is 91.0 Å². The molecular formula is C28H25NO5. The highest BCUT2D eigenvalue weighted by atomic mass is 16.6. The van der Waals surface area contributed by atoms with Crippen LogP contribution in [0.4, 0.5) is 4.79 Å². The van der Waals surface area contributed by atoms with E-state index in [4.69, 9.17) is 14.2 Å². The second kappa shape index (κ2) is 9.43. The molecule has 3 aromatic carbocycles. The molecule has 2 aliphatic heterocycles. The SMILES string of the molecule is COC(=O)C1=C[C@@H](c2ccccc2)C[C@@H](N2C(=O)O[C@H](c3ccccc3)[C@@H]2c2ccccc2)O1. The summed E-state index contributed by atoms with van der Waals surface area (Å²) in [5, 5.41) is 0. The standard InChI is InChI=1S/C28H25NO5/c1-32-27(30)23-17-22(19-11-5-2-6-12-19)18-24(33-23)29-25(20-13-7-3-8-14-20)26(34-28(29)31)21-15-9-4-10-16-21/h2-17,22,24-26H,18H2,1H3/t22-,24+,25+,26-/m1/s1. The Balaban J connectivity index is 1.55. The van der Waals surface area contributed by atoms with Gasteiger partial charge in [0, 0.05) is 12.3 Å². The zero-order chi connectivity index (χ0) is 23.5. The molecule has 1 fully saturated rings. The molecule has 3 aromatic rings. The molecule has 1 saturated heterocycles. The third kappa shape index (κ3) is 4.15. The van der Waals surface area contributed by atoms with E-state index < -0.39 is 30.4 Å². The summed E-state index contributed by atoms with van der Waals surface area (Å²) in [4.78, 5) is 27.4. The molecule has 0 radical (unpaired) electrons. The number of nitrogens with zero attached hydrogens (tertiary/aromatic N) is 1. The number of carbonyl (C=O) groups is 2. The average molecular weight is 456 g/mol. The predicted molar refractivity (Wildman–Crippen MR) is 125 cm³/mol. The van der Waals surface area contributed by atoms with Crippen molar-refractivity contribution in [1.29, 1.82) is 0 Å². The number of amides is 1. The normalized spacial score (nSPS) is 24.1. The predicted octanol–water partition coefficient (Wildman–Crippen LogP) is 5.51. The van der Waals surface area contributed by atoms with Crippen molar-refractivity contribution in [3.8, 4) is 0 Å². The van der Waals surface area contributed by atoms with Gasteiger partial charge in [0.2, 0.25) is 5.76 Å². The Hall–Kier alpha value is -4.06. The van der Waals surface area contributed by atoms with Gasteiger partial charge in [-0.25, -0.2) is 9.59 Å². The quantitative estimate of drug-likeness (QED) is 0.475. The number of hydrogen-bond donors (Lipinski definition) is 0. The van der Waals surface area contributed by atoms with Crippen LogP contribution in [0.2, 0.25) is 0 Å². The average Bonchev–Trinajstić information content (AvgIpc) is 3.26. The second-order valence-corrected chi connectivity index (χ2v) is 8.33. The molecule has 172 valence electrons. The Labute approximate surface area is 198 Å². The van der Waals surface area contributed by atoms with Crippen LogP contribution >= 0.6 is 0 Å². The van der Waals surface area contributed by atoms with Crippen molar-refractivity contribution >= 4 is 12.1 Å². The third-order valence-electron chi connectivity index (χ3n) is 6.29. The fraction of sp³-hybridized carbons (Fsp3) is 0.214. The first kappa shape index (κ1) is 21.8. The van der Waals surface area contributed by atoms with Crippen molar-refractivity contribution in [2.75, 3.05) is 7.11 Å².